The molecule has 3 rings (SSSR count). The second-order valence-corrected chi connectivity index (χ2v) is 5.36. The van der Waals surface area contributed by atoms with Crippen molar-refractivity contribution in [1.82, 2.24) is 0 Å². The van der Waals surface area contributed by atoms with Crippen LogP contribution in [0.1, 0.15) is 37.9 Å². The molecule has 98 valence electrons. The van der Waals surface area contributed by atoms with Crippen LogP contribution >= 0.6 is 0 Å². The van der Waals surface area contributed by atoms with Crippen LogP contribution in [0.15, 0.2) is 24.3 Å². The summed E-state index contributed by atoms with van der Waals surface area (Å²) in [5.41, 5.74) is 0.959. The van der Waals surface area contributed by atoms with Gasteiger partial charge in [-0.1, -0.05) is 12.1 Å². The van der Waals surface area contributed by atoms with Crippen molar-refractivity contribution in [2.24, 2.45) is 5.92 Å². The average molecular weight is 248 g/mol. The Kier molecular flexibility index (Phi) is 3.27. The van der Waals surface area contributed by atoms with Gasteiger partial charge in [-0.25, -0.2) is 0 Å². The van der Waals surface area contributed by atoms with E-state index >= 15 is 0 Å². The molecule has 3 heteroatoms. The van der Waals surface area contributed by atoms with Gasteiger partial charge in [0.05, 0.1) is 18.3 Å². The van der Waals surface area contributed by atoms with Gasteiger partial charge in [0.2, 0.25) is 0 Å². The highest BCUT2D eigenvalue weighted by molar-refractivity contribution is 5.29. The highest BCUT2D eigenvalue weighted by Crippen LogP contribution is 2.34. The molecule has 0 amide bonds. The number of hydrogen-bond acceptors (Lipinski definition) is 3. The van der Waals surface area contributed by atoms with Crippen LogP contribution in [0.3, 0.4) is 0 Å². The van der Waals surface area contributed by atoms with E-state index < -0.39 is 6.10 Å². The lowest BCUT2D eigenvalue weighted by Crippen LogP contribution is -2.19. The van der Waals surface area contributed by atoms with Crippen molar-refractivity contribution in [2.45, 2.75) is 44.5 Å². The van der Waals surface area contributed by atoms with Gasteiger partial charge in [0, 0.05) is 12.5 Å². The summed E-state index contributed by atoms with van der Waals surface area (Å²) in [6, 6.07) is 7.84. The Bertz CT molecular complexity index is 397. The van der Waals surface area contributed by atoms with E-state index in [0.717, 1.165) is 24.3 Å². The summed E-state index contributed by atoms with van der Waals surface area (Å²) in [4.78, 5) is 0. The molecule has 1 N–H and O–H groups in total. The predicted octanol–water partition coefficient (Wildman–Crippen LogP) is 2.69. The zero-order valence-electron chi connectivity index (χ0n) is 10.7. The van der Waals surface area contributed by atoms with E-state index in [1.807, 2.05) is 31.2 Å². The molecule has 18 heavy (non-hydrogen) atoms. The van der Waals surface area contributed by atoms with Crippen LogP contribution < -0.4 is 4.74 Å². The van der Waals surface area contributed by atoms with E-state index in [-0.39, 0.29) is 12.0 Å². The summed E-state index contributed by atoms with van der Waals surface area (Å²) >= 11 is 0. The number of ether oxygens (including phenoxy) is 2. The lowest BCUT2D eigenvalue weighted by molar-refractivity contribution is 0.0431. The van der Waals surface area contributed by atoms with E-state index in [0.29, 0.717) is 6.10 Å². The first-order chi connectivity index (χ1) is 8.74. The molecule has 3 atom stereocenters. The molecule has 1 aliphatic heterocycles. The molecule has 1 aromatic carbocycles. The highest BCUT2D eigenvalue weighted by Gasteiger charge is 2.31. The van der Waals surface area contributed by atoms with E-state index in [1.165, 1.54) is 12.8 Å². The summed E-state index contributed by atoms with van der Waals surface area (Å²) < 4.78 is 11.2. The van der Waals surface area contributed by atoms with Crippen LogP contribution in [-0.2, 0) is 4.74 Å². The van der Waals surface area contributed by atoms with E-state index in [1.54, 1.807) is 0 Å². The lowest BCUT2D eigenvalue weighted by Gasteiger charge is -2.21. The zero-order valence-corrected chi connectivity index (χ0v) is 10.7. The molecule has 0 radical (unpaired) electrons. The summed E-state index contributed by atoms with van der Waals surface area (Å²) in [7, 11) is 0. The maximum atomic E-state index is 10.4. The van der Waals surface area contributed by atoms with Crippen molar-refractivity contribution in [3.05, 3.63) is 29.8 Å². The molecule has 0 spiro atoms. The molecule has 1 saturated heterocycles. The molecule has 1 saturated carbocycles. The topological polar surface area (TPSA) is 38.7 Å². The van der Waals surface area contributed by atoms with Gasteiger partial charge < -0.3 is 14.6 Å². The van der Waals surface area contributed by atoms with Crippen LogP contribution in [0.4, 0.5) is 0 Å². The summed E-state index contributed by atoms with van der Waals surface area (Å²) in [5, 5.41) is 10.4. The maximum Gasteiger partial charge on any atom is 0.119 e. The second kappa shape index (κ2) is 4.90. The fourth-order valence-electron chi connectivity index (χ4n) is 2.53. The molecule has 1 aliphatic carbocycles. The average Bonchev–Trinajstić information content (AvgIpc) is 3.09. The van der Waals surface area contributed by atoms with Gasteiger partial charge in [0.15, 0.2) is 0 Å². The molecule has 2 aliphatic rings. The molecule has 3 nitrogen and oxygen atoms in total. The summed E-state index contributed by atoms with van der Waals surface area (Å²) in [6.07, 6.45) is 3.40. The van der Waals surface area contributed by atoms with Crippen molar-refractivity contribution in [3.8, 4) is 5.75 Å². The Morgan fingerprint density at radius 1 is 1.22 bits per heavy atom. The molecular weight excluding hydrogens is 228 g/mol. The highest BCUT2D eigenvalue weighted by atomic mass is 16.5. The summed E-state index contributed by atoms with van der Waals surface area (Å²) in [5.74, 6) is 1.12. The standard InChI is InChI=1S/C15H20O3/c1-10-14(8-9-17-10)15(16)11-2-4-12(5-3-11)18-13-6-7-13/h2-5,10,13-16H,6-9H2,1H3. The number of aliphatic hydroxyl groups excluding tert-OH is 1. The number of aliphatic hydroxyl groups is 1. The predicted molar refractivity (Wildman–Crippen MR) is 68.6 cm³/mol. The van der Waals surface area contributed by atoms with Crippen LogP contribution in [0.5, 0.6) is 5.75 Å². The molecule has 2 fully saturated rings. The first-order valence-corrected chi connectivity index (χ1v) is 6.80. The summed E-state index contributed by atoms with van der Waals surface area (Å²) in [6.45, 7) is 2.79. The van der Waals surface area contributed by atoms with E-state index in [9.17, 15) is 5.11 Å². The molecular formula is C15H20O3. The third-order valence-corrected chi connectivity index (χ3v) is 3.89. The van der Waals surface area contributed by atoms with E-state index in [2.05, 4.69) is 0 Å². The van der Waals surface area contributed by atoms with Gasteiger partial charge in [0.1, 0.15) is 5.75 Å². The third-order valence-electron chi connectivity index (χ3n) is 3.89. The van der Waals surface area contributed by atoms with Gasteiger partial charge in [-0.2, -0.15) is 0 Å². The normalized spacial score (nSPS) is 29.2. The first-order valence-electron chi connectivity index (χ1n) is 6.80. The van der Waals surface area contributed by atoms with Crippen LogP contribution in [-0.4, -0.2) is 23.9 Å². The molecule has 0 bridgehead atoms. The molecule has 1 heterocycles. The second-order valence-electron chi connectivity index (χ2n) is 5.36. The third kappa shape index (κ3) is 2.52. The lowest BCUT2D eigenvalue weighted by atomic mass is 9.91. The largest absolute Gasteiger partial charge is 0.490 e. The Morgan fingerprint density at radius 2 is 1.94 bits per heavy atom. The Morgan fingerprint density at radius 3 is 2.50 bits per heavy atom. The van der Waals surface area contributed by atoms with Gasteiger partial charge in [0.25, 0.3) is 0 Å². The van der Waals surface area contributed by atoms with Crippen molar-refractivity contribution in [2.75, 3.05) is 6.61 Å². The fraction of sp³-hybridized carbons (Fsp3) is 0.600. The smallest absolute Gasteiger partial charge is 0.119 e. The monoisotopic (exact) mass is 248 g/mol. The van der Waals surface area contributed by atoms with Gasteiger partial charge >= 0.3 is 0 Å². The maximum absolute atomic E-state index is 10.4. The van der Waals surface area contributed by atoms with Gasteiger partial charge in [-0.15, -0.1) is 0 Å². The van der Waals surface area contributed by atoms with Crippen molar-refractivity contribution in [3.63, 3.8) is 0 Å². The van der Waals surface area contributed by atoms with E-state index in [4.69, 9.17) is 9.47 Å². The minimum atomic E-state index is -0.433. The van der Waals surface area contributed by atoms with Crippen molar-refractivity contribution < 1.29 is 14.6 Å². The molecule has 3 unspecified atom stereocenters. The Balaban J connectivity index is 1.67. The molecule has 0 aromatic heterocycles. The number of rotatable bonds is 4. The van der Waals surface area contributed by atoms with Crippen LogP contribution in [0, 0.1) is 5.92 Å². The van der Waals surface area contributed by atoms with Gasteiger partial charge in [-0.3, -0.25) is 0 Å². The molecule has 1 aromatic rings. The van der Waals surface area contributed by atoms with Gasteiger partial charge in [-0.05, 0) is 43.9 Å². The van der Waals surface area contributed by atoms with Crippen LogP contribution in [0.2, 0.25) is 0 Å². The fourth-order valence-corrected chi connectivity index (χ4v) is 2.53. The SMILES string of the molecule is CC1OCCC1C(O)c1ccc(OC2CC2)cc1. The minimum Gasteiger partial charge on any atom is -0.490 e. The number of hydrogen-bond donors (Lipinski definition) is 1. The zero-order chi connectivity index (χ0) is 12.5. The Labute approximate surface area is 108 Å². The Hall–Kier alpha value is -1.06. The van der Waals surface area contributed by atoms with Crippen molar-refractivity contribution in [1.29, 1.82) is 0 Å². The van der Waals surface area contributed by atoms with Crippen molar-refractivity contribution >= 4 is 0 Å². The minimum absolute atomic E-state index is 0.141. The first kappa shape index (κ1) is 12.0. The quantitative estimate of drug-likeness (QED) is 0.890. The van der Waals surface area contributed by atoms with Crippen LogP contribution in [0.25, 0.3) is 0 Å². The number of benzene rings is 1.